The summed E-state index contributed by atoms with van der Waals surface area (Å²) in [5, 5.41) is 7.74. The molecule has 11 rings (SSSR count). The molecular formula is C56H40N-. The lowest BCUT2D eigenvalue weighted by atomic mass is 9.67. The topological polar surface area (TPSA) is 3.24 Å². The monoisotopic (exact) mass is 726 g/mol. The van der Waals surface area contributed by atoms with Gasteiger partial charge in [0, 0.05) is 17.1 Å². The number of fused-ring (bicyclic) bond motifs is 9. The highest BCUT2D eigenvalue weighted by molar-refractivity contribution is 6.25. The van der Waals surface area contributed by atoms with Crippen LogP contribution in [0.5, 0.6) is 0 Å². The zero-order valence-corrected chi connectivity index (χ0v) is 31.8. The molecule has 57 heavy (non-hydrogen) atoms. The predicted molar refractivity (Wildman–Crippen MR) is 243 cm³/mol. The molecule has 0 spiro atoms. The van der Waals surface area contributed by atoms with Gasteiger partial charge in [-0.05, 0) is 119 Å². The number of anilines is 3. The third kappa shape index (κ3) is 5.31. The van der Waals surface area contributed by atoms with Crippen molar-refractivity contribution in [2.24, 2.45) is 0 Å². The molecule has 270 valence electrons. The lowest BCUT2D eigenvalue weighted by Gasteiger charge is -2.34. The minimum Gasteiger partial charge on any atom is -0.358 e. The molecule has 0 N–H and O–H groups in total. The number of benzene rings is 10. The summed E-state index contributed by atoms with van der Waals surface area (Å²) in [5.74, 6) is 0. The zero-order chi connectivity index (χ0) is 37.1. The summed E-state index contributed by atoms with van der Waals surface area (Å²) in [5.41, 5.74) is 13.1. The summed E-state index contributed by atoms with van der Waals surface area (Å²) in [6.45, 7) is 0. The first kappa shape index (κ1) is 34.3. The number of hydrogen-bond acceptors (Lipinski definition) is 1. The van der Waals surface area contributed by atoms with E-state index in [0.717, 1.165) is 17.1 Å². The summed E-state index contributed by atoms with van der Waals surface area (Å²) in [6.07, 6.45) is 0. The first-order valence-corrected chi connectivity index (χ1v) is 19.4. The van der Waals surface area contributed by atoms with Gasteiger partial charge in [0.15, 0.2) is 0 Å². The minimum atomic E-state index is -0.498. The number of hydrogen-bond donors (Lipinski definition) is 0. The van der Waals surface area contributed by atoms with E-state index >= 15 is 0 Å². The molecule has 0 heterocycles. The normalized spacial score (nSPS) is 12.6. The molecule has 1 heteroatoms. The lowest BCUT2D eigenvalue weighted by Crippen LogP contribution is -2.28. The van der Waals surface area contributed by atoms with E-state index in [1.165, 1.54) is 76.8 Å². The molecule has 0 saturated heterocycles. The molecular weight excluding hydrogens is 687 g/mol. The summed E-state index contributed by atoms with van der Waals surface area (Å²) in [6, 6.07) is 82.5. The second-order valence-corrected chi connectivity index (χ2v) is 14.8. The van der Waals surface area contributed by atoms with E-state index in [1.54, 1.807) is 0 Å². The molecule has 0 aliphatic heterocycles. The van der Waals surface area contributed by atoms with E-state index in [-0.39, 0.29) is 7.43 Å². The highest BCUT2D eigenvalue weighted by Gasteiger charge is 2.46. The Bertz CT molecular complexity index is 2930. The van der Waals surface area contributed by atoms with Gasteiger partial charge in [-0.15, -0.1) is 0 Å². The second-order valence-electron chi connectivity index (χ2n) is 14.8. The van der Waals surface area contributed by atoms with Crippen molar-refractivity contribution >= 4 is 49.4 Å². The van der Waals surface area contributed by atoms with Crippen LogP contribution in [0.15, 0.2) is 224 Å². The number of rotatable bonds is 6. The Labute approximate surface area is 334 Å². The Morgan fingerprint density at radius 2 is 0.649 bits per heavy atom. The summed E-state index contributed by atoms with van der Waals surface area (Å²) in [7, 11) is 0. The van der Waals surface area contributed by atoms with Crippen molar-refractivity contribution < 1.29 is 0 Å². The number of para-hydroxylation sites is 2. The van der Waals surface area contributed by atoms with Gasteiger partial charge in [0.2, 0.25) is 0 Å². The van der Waals surface area contributed by atoms with Crippen LogP contribution in [0, 0.1) is 7.43 Å². The van der Waals surface area contributed by atoms with Crippen LogP contribution >= 0.6 is 0 Å². The lowest BCUT2D eigenvalue weighted by molar-refractivity contribution is 0.770. The average Bonchev–Trinajstić information content (AvgIpc) is 3.58. The summed E-state index contributed by atoms with van der Waals surface area (Å²) < 4.78 is 0. The van der Waals surface area contributed by atoms with E-state index in [1.807, 2.05) is 0 Å². The fraction of sp³-hybridized carbons (Fsp3) is 0.0179. The van der Waals surface area contributed by atoms with Crippen LogP contribution in [0.25, 0.3) is 54.6 Å². The second kappa shape index (κ2) is 13.8. The Hall–Kier alpha value is -7.22. The predicted octanol–water partition coefficient (Wildman–Crippen LogP) is 15.1. The van der Waals surface area contributed by atoms with E-state index in [2.05, 4.69) is 229 Å². The molecule has 1 aliphatic carbocycles. The largest absolute Gasteiger partial charge is 0.358 e. The molecule has 1 nitrogen and oxygen atoms in total. The van der Waals surface area contributed by atoms with Crippen molar-refractivity contribution in [2.45, 2.75) is 5.41 Å². The highest BCUT2D eigenvalue weighted by Crippen LogP contribution is 2.56. The fourth-order valence-corrected chi connectivity index (χ4v) is 9.48. The standard InChI is InChI=1S/C55H37N.CH3/c1-3-15-42(16-4-1)56(43-17-5-2-6-18-43)44-34-29-39(30-35-44)38-27-31-40(32-28-38)55(53-25-13-11-23-50(53)51-24-12-14-26-54(51)55)41-33-36-49-47-21-8-7-19-45(47)46-20-9-10-22-48(46)52(49)37-41;/h1-37H;1H3/q;-1. The zero-order valence-electron chi connectivity index (χ0n) is 31.8. The molecule has 10 aromatic rings. The van der Waals surface area contributed by atoms with E-state index in [9.17, 15) is 0 Å². The van der Waals surface area contributed by atoms with Crippen molar-refractivity contribution in [1.82, 2.24) is 0 Å². The molecule has 0 fully saturated rings. The first-order chi connectivity index (χ1) is 27.8. The van der Waals surface area contributed by atoms with E-state index < -0.39 is 5.41 Å². The van der Waals surface area contributed by atoms with Crippen molar-refractivity contribution in [3.8, 4) is 22.3 Å². The van der Waals surface area contributed by atoms with Crippen LogP contribution in [-0.2, 0) is 5.41 Å². The quantitative estimate of drug-likeness (QED) is 0.122. The average molecular weight is 727 g/mol. The molecule has 0 radical (unpaired) electrons. The van der Waals surface area contributed by atoms with Crippen molar-refractivity contribution in [3.63, 3.8) is 0 Å². The van der Waals surface area contributed by atoms with E-state index in [0.29, 0.717) is 0 Å². The molecule has 0 bridgehead atoms. The van der Waals surface area contributed by atoms with Crippen LogP contribution in [0.4, 0.5) is 17.1 Å². The summed E-state index contributed by atoms with van der Waals surface area (Å²) >= 11 is 0. The van der Waals surface area contributed by atoms with Gasteiger partial charge in [0.05, 0.1) is 5.41 Å². The van der Waals surface area contributed by atoms with E-state index in [4.69, 9.17) is 0 Å². The molecule has 0 aromatic heterocycles. The van der Waals surface area contributed by atoms with Gasteiger partial charge in [0.25, 0.3) is 0 Å². The van der Waals surface area contributed by atoms with Crippen molar-refractivity contribution in [1.29, 1.82) is 0 Å². The Morgan fingerprint density at radius 1 is 0.281 bits per heavy atom. The smallest absolute Gasteiger partial charge is 0.0713 e. The molecule has 10 aromatic carbocycles. The van der Waals surface area contributed by atoms with Crippen LogP contribution in [0.2, 0.25) is 0 Å². The van der Waals surface area contributed by atoms with Crippen LogP contribution in [-0.4, -0.2) is 0 Å². The minimum absolute atomic E-state index is 0. The number of nitrogens with zero attached hydrogens (tertiary/aromatic N) is 1. The molecule has 0 atom stereocenters. The maximum Gasteiger partial charge on any atom is 0.0713 e. The van der Waals surface area contributed by atoms with Gasteiger partial charge < -0.3 is 12.3 Å². The summed E-state index contributed by atoms with van der Waals surface area (Å²) in [4.78, 5) is 2.31. The molecule has 0 saturated carbocycles. The third-order valence-electron chi connectivity index (χ3n) is 11.9. The Kier molecular flexibility index (Phi) is 8.31. The SMILES string of the molecule is [CH3-].c1ccc(N(c2ccccc2)c2ccc(-c3ccc(C4(c5ccc6c7ccccc7c7ccccc7c6c5)c5ccccc5-c5ccccc54)cc3)cc2)cc1. The van der Waals surface area contributed by atoms with Gasteiger partial charge in [0.1, 0.15) is 0 Å². The first-order valence-electron chi connectivity index (χ1n) is 19.4. The van der Waals surface area contributed by atoms with Crippen LogP contribution in [0.1, 0.15) is 22.3 Å². The Morgan fingerprint density at radius 3 is 1.16 bits per heavy atom. The van der Waals surface area contributed by atoms with Gasteiger partial charge in [-0.3, -0.25) is 0 Å². The van der Waals surface area contributed by atoms with Gasteiger partial charge in [-0.25, -0.2) is 0 Å². The van der Waals surface area contributed by atoms with Crippen LogP contribution < -0.4 is 4.90 Å². The maximum absolute atomic E-state index is 2.49. The van der Waals surface area contributed by atoms with Crippen molar-refractivity contribution in [3.05, 3.63) is 254 Å². The van der Waals surface area contributed by atoms with Gasteiger partial charge in [-0.2, -0.15) is 0 Å². The fourth-order valence-electron chi connectivity index (χ4n) is 9.48. The van der Waals surface area contributed by atoms with Gasteiger partial charge >= 0.3 is 0 Å². The highest BCUT2D eigenvalue weighted by atomic mass is 15.1. The van der Waals surface area contributed by atoms with Crippen molar-refractivity contribution in [2.75, 3.05) is 4.90 Å². The van der Waals surface area contributed by atoms with Crippen LogP contribution in [0.3, 0.4) is 0 Å². The molecule has 1 aliphatic rings. The maximum atomic E-state index is 2.49. The third-order valence-corrected chi connectivity index (χ3v) is 11.9. The van der Waals surface area contributed by atoms with Gasteiger partial charge in [-0.1, -0.05) is 182 Å². The molecule has 0 amide bonds. The molecule has 0 unspecified atom stereocenters. The Balaban J connectivity index is 0.00000396.